The van der Waals surface area contributed by atoms with Gasteiger partial charge in [0, 0.05) is 22.0 Å². The van der Waals surface area contributed by atoms with Gasteiger partial charge in [-0.05, 0) is 68.7 Å². The molecule has 0 aliphatic carbocycles. The first-order chi connectivity index (χ1) is 16.2. The number of esters is 1. The van der Waals surface area contributed by atoms with E-state index in [-0.39, 0.29) is 27.9 Å². The summed E-state index contributed by atoms with van der Waals surface area (Å²) >= 11 is 11.9. The predicted molar refractivity (Wildman–Crippen MR) is 127 cm³/mol. The van der Waals surface area contributed by atoms with Gasteiger partial charge in [-0.25, -0.2) is 4.79 Å². The van der Waals surface area contributed by atoms with Crippen molar-refractivity contribution in [2.45, 2.75) is 51.5 Å². The second kappa shape index (κ2) is 10.1. The number of ether oxygens (including phenoxy) is 1. The molecular formula is C24H23Cl2F3N2O4. The zero-order chi connectivity index (χ0) is 26.0. The van der Waals surface area contributed by atoms with Crippen molar-refractivity contribution in [1.82, 2.24) is 0 Å². The number of nitrogens with zero attached hydrogens (tertiary/aromatic N) is 2. The fourth-order valence-corrected chi connectivity index (χ4v) is 3.93. The van der Waals surface area contributed by atoms with E-state index < -0.39 is 29.8 Å². The topological polar surface area (TPSA) is 69.5 Å². The van der Waals surface area contributed by atoms with Crippen LogP contribution in [-0.4, -0.2) is 36.3 Å². The molecule has 2 aromatic carbocycles. The molecule has 1 aliphatic rings. The normalized spacial score (nSPS) is 18.4. The first kappa shape index (κ1) is 26.8. The Balaban J connectivity index is 1.74. The molecule has 3 rings (SSSR count). The maximum absolute atomic E-state index is 14.2. The van der Waals surface area contributed by atoms with E-state index in [1.165, 1.54) is 24.4 Å². The van der Waals surface area contributed by atoms with Gasteiger partial charge in [-0.2, -0.15) is 13.2 Å². The molecule has 0 aromatic heterocycles. The lowest BCUT2D eigenvalue weighted by molar-refractivity contribution is -0.275. The maximum atomic E-state index is 14.2. The third kappa shape index (κ3) is 6.46. The van der Waals surface area contributed by atoms with Crippen LogP contribution in [0.15, 0.2) is 46.7 Å². The molecule has 2 aromatic rings. The van der Waals surface area contributed by atoms with Crippen molar-refractivity contribution in [2.75, 3.05) is 6.61 Å². The molecule has 0 spiro atoms. The number of alkyl halides is 3. The van der Waals surface area contributed by atoms with Gasteiger partial charge in [-0.15, -0.1) is 0 Å². The molecule has 0 amide bonds. The molecule has 0 saturated heterocycles. The molecule has 0 radical (unpaired) electrons. The minimum atomic E-state index is -4.78. The number of oxime groups is 2. The van der Waals surface area contributed by atoms with Crippen molar-refractivity contribution >= 4 is 41.1 Å². The van der Waals surface area contributed by atoms with Gasteiger partial charge in [-0.1, -0.05) is 45.6 Å². The highest BCUT2D eigenvalue weighted by Crippen LogP contribution is 2.49. The van der Waals surface area contributed by atoms with E-state index in [9.17, 15) is 18.0 Å². The average molecular weight is 531 g/mol. The number of hydrogen-bond donors (Lipinski definition) is 0. The summed E-state index contributed by atoms with van der Waals surface area (Å²) in [7, 11) is 0. The fourth-order valence-electron chi connectivity index (χ4n) is 3.40. The van der Waals surface area contributed by atoms with Crippen LogP contribution in [0.2, 0.25) is 10.0 Å². The zero-order valence-electron chi connectivity index (χ0n) is 19.4. The fraction of sp³-hybridized carbons (Fsp3) is 0.375. The Hall–Kier alpha value is -2.78. The van der Waals surface area contributed by atoms with Gasteiger partial charge in [0.25, 0.3) is 5.60 Å². The first-order valence-corrected chi connectivity index (χ1v) is 11.2. The van der Waals surface area contributed by atoms with Crippen LogP contribution in [0.4, 0.5) is 13.2 Å². The summed E-state index contributed by atoms with van der Waals surface area (Å²) in [5, 5.41) is 7.63. The molecule has 0 N–H and O–H groups in total. The van der Waals surface area contributed by atoms with Crippen molar-refractivity contribution in [2.24, 2.45) is 10.3 Å². The highest BCUT2D eigenvalue weighted by molar-refractivity contribution is 6.34. The second-order valence-corrected chi connectivity index (χ2v) is 9.83. The Morgan fingerprint density at radius 2 is 1.83 bits per heavy atom. The molecule has 1 unspecified atom stereocenters. The number of carbonyl (C=O) groups is 1. The number of carbonyl (C=O) groups excluding carboxylic acids is 1. The van der Waals surface area contributed by atoms with Gasteiger partial charge < -0.3 is 14.4 Å². The molecule has 6 nitrogen and oxygen atoms in total. The highest BCUT2D eigenvalue weighted by atomic mass is 35.5. The molecule has 0 fully saturated rings. The Morgan fingerprint density at radius 1 is 1.17 bits per heavy atom. The Labute approximate surface area is 210 Å². The highest BCUT2D eigenvalue weighted by Gasteiger charge is 2.62. The van der Waals surface area contributed by atoms with E-state index in [4.69, 9.17) is 37.6 Å². The predicted octanol–water partition coefficient (Wildman–Crippen LogP) is 6.58. The quantitative estimate of drug-likeness (QED) is 0.240. The average Bonchev–Trinajstić information content (AvgIpc) is 3.17. The SMILES string of the molecule is Cc1cc(C2=NOC(c3cc(Cl)cc(Cl)c3)(C(F)(F)F)C2)ccc1/C=N\OCC(=O)OC(C)(C)C. The molecule has 188 valence electrons. The van der Waals surface area contributed by atoms with Gasteiger partial charge in [-0.3, -0.25) is 0 Å². The third-order valence-corrected chi connectivity index (χ3v) is 5.42. The smallest absolute Gasteiger partial charge is 0.435 e. The van der Waals surface area contributed by atoms with Crippen LogP contribution >= 0.6 is 23.2 Å². The van der Waals surface area contributed by atoms with E-state index in [0.717, 1.165) is 0 Å². The van der Waals surface area contributed by atoms with E-state index in [0.29, 0.717) is 16.7 Å². The van der Waals surface area contributed by atoms with Gasteiger partial charge in [0.05, 0.1) is 11.9 Å². The lowest BCUT2D eigenvalue weighted by Crippen LogP contribution is -2.42. The molecule has 11 heteroatoms. The Bertz CT molecular complexity index is 1160. The number of hydrogen-bond acceptors (Lipinski definition) is 6. The first-order valence-electron chi connectivity index (χ1n) is 10.5. The summed E-state index contributed by atoms with van der Waals surface area (Å²) in [6, 6.07) is 8.59. The molecule has 1 aliphatic heterocycles. The van der Waals surface area contributed by atoms with Gasteiger partial charge in [0.1, 0.15) is 5.60 Å². The standard InChI is InChI=1S/C24H23Cl2F3N2O4/c1-14-7-15(5-6-16(14)12-30-33-13-21(32)34-22(2,3)4)20-11-23(35-31-20,24(27,28)29)17-8-18(25)10-19(26)9-17/h5-10,12H,11,13H2,1-4H3/b30-12-. The summed E-state index contributed by atoms with van der Waals surface area (Å²) < 4.78 is 47.6. The van der Waals surface area contributed by atoms with E-state index in [1.807, 2.05) is 0 Å². The summed E-state index contributed by atoms with van der Waals surface area (Å²) in [5.74, 6) is -0.560. The van der Waals surface area contributed by atoms with Crippen LogP contribution in [0, 0.1) is 6.92 Å². The zero-order valence-corrected chi connectivity index (χ0v) is 20.9. The van der Waals surface area contributed by atoms with Crippen molar-refractivity contribution in [3.05, 3.63) is 68.7 Å². The van der Waals surface area contributed by atoms with E-state index in [2.05, 4.69) is 10.3 Å². The number of rotatable bonds is 6. The van der Waals surface area contributed by atoms with Crippen molar-refractivity contribution in [3.63, 3.8) is 0 Å². The minimum absolute atomic E-state index is 0.0570. The van der Waals surface area contributed by atoms with Crippen LogP contribution < -0.4 is 0 Å². The lowest BCUT2D eigenvalue weighted by Gasteiger charge is -2.29. The van der Waals surface area contributed by atoms with Crippen LogP contribution in [0.5, 0.6) is 0 Å². The van der Waals surface area contributed by atoms with Crippen LogP contribution in [0.3, 0.4) is 0 Å². The van der Waals surface area contributed by atoms with Crippen LogP contribution in [0.25, 0.3) is 0 Å². The monoisotopic (exact) mass is 530 g/mol. The van der Waals surface area contributed by atoms with Crippen LogP contribution in [-0.2, 0) is 24.8 Å². The van der Waals surface area contributed by atoms with Crippen molar-refractivity contribution < 1.29 is 32.4 Å². The number of benzene rings is 2. The molecule has 0 bridgehead atoms. The summed E-state index contributed by atoms with van der Waals surface area (Å²) in [6.45, 7) is 6.61. The summed E-state index contributed by atoms with van der Waals surface area (Å²) in [5.41, 5.74) is -1.67. The molecular weight excluding hydrogens is 508 g/mol. The minimum Gasteiger partial charge on any atom is -0.457 e. The second-order valence-electron chi connectivity index (χ2n) is 8.95. The molecule has 1 atom stereocenters. The van der Waals surface area contributed by atoms with Crippen molar-refractivity contribution in [1.29, 1.82) is 0 Å². The maximum Gasteiger partial charge on any atom is 0.435 e. The van der Waals surface area contributed by atoms with Gasteiger partial charge in [0.2, 0.25) is 6.61 Å². The third-order valence-electron chi connectivity index (χ3n) is 4.99. The van der Waals surface area contributed by atoms with E-state index in [1.54, 1.807) is 45.9 Å². The lowest BCUT2D eigenvalue weighted by atomic mass is 9.86. The molecule has 1 heterocycles. The largest absolute Gasteiger partial charge is 0.457 e. The number of halogens is 5. The van der Waals surface area contributed by atoms with Gasteiger partial charge >= 0.3 is 12.1 Å². The molecule has 35 heavy (non-hydrogen) atoms. The molecule has 0 saturated carbocycles. The Morgan fingerprint density at radius 3 is 2.40 bits per heavy atom. The van der Waals surface area contributed by atoms with Gasteiger partial charge in [0.15, 0.2) is 0 Å². The summed E-state index contributed by atoms with van der Waals surface area (Å²) in [4.78, 5) is 21.6. The van der Waals surface area contributed by atoms with Crippen molar-refractivity contribution in [3.8, 4) is 0 Å². The summed E-state index contributed by atoms with van der Waals surface area (Å²) in [6.07, 6.45) is -3.94. The van der Waals surface area contributed by atoms with E-state index >= 15 is 0 Å². The number of aryl methyl sites for hydroxylation is 1. The van der Waals surface area contributed by atoms with Crippen LogP contribution in [0.1, 0.15) is 49.4 Å². The Kier molecular flexibility index (Phi) is 7.71.